The lowest BCUT2D eigenvalue weighted by Crippen LogP contribution is -2.53. The van der Waals surface area contributed by atoms with Crippen LogP contribution in [-0.2, 0) is 0 Å². The van der Waals surface area contributed by atoms with E-state index in [1.807, 2.05) is 0 Å². The maximum atomic E-state index is 6.17. The highest BCUT2D eigenvalue weighted by Crippen LogP contribution is 2.31. The molecule has 0 aromatic rings. The maximum Gasteiger partial charge on any atom is 0.0341 e. The molecule has 1 heterocycles. The summed E-state index contributed by atoms with van der Waals surface area (Å²) in [6.07, 6.45) is 9.56. The molecule has 2 aliphatic rings. The summed E-state index contributed by atoms with van der Waals surface area (Å²) >= 11 is 0. The number of nitrogens with two attached hydrogens (primary N) is 1. The molecule has 0 aromatic heterocycles. The van der Waals surface area contributed by atoms with E-state index in [2.05, 4.69) is 23.9 Å². The quantitative estimate of drug-likeness (QED) is 0.831. The molecule has 2 rings (SSSR count). The summed E-state index contributed by atoms with van der Waals surface area (Å²) in [6, 6.07) is 0. The summed E-state index contributed by atoms with van der Waals surface area (Å²) in [4.78, 5) is 5.07. The SMILES string of the molecule is CN1CCCC(CN)(N(C)CC2CCCC2)CC1. The Morgan fingerprint density at radius 3 is 2.56 bits per heavy atom. The molecular formula is C15H31N3. The minimum absolute atomic E-state index is 0.271. The highest BCUT2D eigenvalue weighted by molar-refractivity contribution is 4.94. The molecule has 1 saturated carbocycles. The van der Waals surface area contributed by atoms with Crippen molar-refractivity contribution < 1.29 is 0 Å². The van der Waals surface area contributed by atoms with Crippen molar-refractivity contribution in [1.29, 1.82) is 0 Å². The third kappa shape index (κ3) is 3.25. The predicted octanol–water partition coefficient (Wildman–Crippen LogP) is 1.92. The van der Waals surface area contributed by atoms with Gasteiger partial charge in [-0.1, -0.05) is 12.8 Å². The van der Waals surface area contributed by atoms with Crippen LogP contribution < -0.4 is 5.73 Å². The Hall–Kier alpha value is -0.120. The molecule has 1 aliphatic heterocycles. The number of likely N-dealkylation sites (N-methyl/N-ethyl adjacent to an activating group) is 1. The van der Waals surface area contributed by atoms with Crippen LogP contribution in [0, 0.1) is 5.92 Å². The Morgan fingerprint density at radius 1 is 1.17 bits per heavy atom. The van der Waals surface area contributed by atoms with Crippen LogP contribution in [0.15, 0.2) is 0 Å². The van der Waals surface area contributed by atoms with Crippen LogP contribution in [0.5, 0.6) is 0 Å². The summed E-state index contributed by atoms with van der Waals surface area (Å²) in [5.74, 6) is 0.930. The largest absolute Gasteiger partial charge is 0.329 e. The lowest BCUT2D eigenvalue weighted by molar-refractivity contribution is 0.0905. The van der Waals surface area contributed by atoms with Gasteiger partial charge in [0.1, 0.15) is 0 Å². The molecule has 1 saturated heterocycles. The van der Waals surface area contributed by atoms with Crippen LogP contribution in [0.3, 0.4) is 0 Å². The van der Waals surface area contributed by atoms with E-state index in [0.29, 0.717) is 0 Å². The Morgan fingerprint density at radius 2 is 1.89 bits per heavy atom. The van der Waals surface area contributed by atoms with Crippen LogP contribution >= 0.6 is 0 Å². The zero-order valence-corrected chi connectivity index (χ0v) is 12.3. The van der Waals surface area contributed by atoms with Crippen molar-refractivity contribution in [3.63, 3.8) is 0 Å². The van der Waals surface area contributed by atoms with Crippen molar-refractivity contribution in [2.24, 2.45) is 11.7 Å². The molecule has 18 heavy (non-hydrogen) atoms. The molecule has 0 radical (unpaired) electrons. The lowest BCUT2D eigenvalue weighted by Gasteiger charge is -2.42. The van der Waals surface area contributed by atoms with Crippen molar-refractivity contribution in [1.82, 2.24) is 9.80 Å². The van der Waals surface area contributed by atoms with Gasteiger partial charge in [0, 0.05) is 18.6 Å². The van der Waals surface area contributed by atoms with Crippen molar-refractivity contribution in [2.45, 2.75) is 50.5 Å². The van der Waals surface area contributed by atoms with E-state index in [1.165, 1.54) is 64.6 Å². The van der Waals surface area contributed by atoms with Gasteiger partial charge in [0.15, 0.2) is 0 Å². The van der Waals surface area contributed by atoms with E-state index in [4.69, 9.17) is 5.73 Å². The van der Waals surface area contributed by atoms with Gasteiger partial charge < -0.3 is 10.6 Å². The summed E-state index contributed by atoms with van der Waals surface area (Å²) < 4.78 is 0. The van der Waals surface area contributed by atoms with Crippen LogP contribution in [0.2, 0.25) is 0 Å². The number of likely N-dealkylation sites (tertiary alicyclic amines) is 1. The third-order valence-electron chi connectivity index (χ3n) is 5.34. The molecule has 1 atom stereocenters. The number of nitrogens with zero attached hydrogens (tertiary/aromatic N) is 2. The molecule has 1 unspecified atom stereocenters. The van der Waals surface area contributed by atoms with Crippen molar-refractivity contribution in [2.75, 3.05) is 40.3 Å². The van der Waals surface area contributed by atoms with E-state index in [-0.39, 0.29) is 5.54 Å². The first-order valence-electron chi connectivity index (χ1n) is 7.76. The second-order valence-corrected chi connectivity index (χ2v) is 6.62. The van der Waals surface area contributed by atoms with Crippen molar-refractivity contribution in [3.05, 3.63) is 0 Å². The highest BCUT2D eigenvalue weighted by Gasteiger charge is 2.35. The Labute approximate surface area is 113 Å². The number of hydrogen-bond acceptors (Lipinski definition) is 3. The lowest BCUT2D eigenvalue weighted by atomic mass is 9.88. The third-order valence-corrected chi connectivity index (χ3v) is 5.34. The van der Waals surface area contributed by atoms with Gasteiger partial charge in [0.2, 0.25) is 0 Å². The minimum atomic E-state index is 0.271. The Balaban J connectivity index is 1.95. The second-order valence-electron chi connectivity index (χ2n) is 6.62. The van der Waals surface area contributed by atoms with E-state index in [0.717, 1.165) is 12.5 Å². The first-order chi connectivity index (χ1) is 8.66. The topological polar surface area (TPSA) is 32.5 Å². The van der Waals surface area contributed by atoms with E-state index in [1.54, 1.807) is 0 Å². The summed E-state index contributed by atoms with van der Waals surface area (Å²) in [6.45, 7) is 4.52. The van der Waals surface area contributed by atoms with Crippen LogP contribution in [0.4, 0.5) is 0 Å². The zero-order chi connectivity index (χ0) is 13.0. The zero-order valence-electron chi connectivity index (χ0n) is 12.3. The molecular weight excluding hydrogens is 222 g/mol. The van der Waals surface area contributed by atoms with Gasteiger partial charge in [-0.15, -0.1) is 0 Å². The fourth-order valence-corrected chi connectivity index (χ4v) is 3.83. The maximum absolute atomic E-state index is 6.17. The predicted molar refractivity (Wildman–Crippen MR) is 77.7 cm³/mol. The van der Waals surface area contributed by atoms with E-state index < -0.39 is 0 Å². The fourth-order valence-electron chi connectivity index (χ4n) is 3.83. The molecule has 2 fully saturated rings. The number of rotatable bonds is 4. The summed E-state index contributed by atoms with van der Waals surface area (Å²) in [7, 11) is 4.56. The Bertz CT molecular complexity index is 250. The van der Waals surface area contributed by atoms with Gasteiger partial charge in [-0.3, -0.25) is 4.90 Å². The molecule has 106 valence electrons. The van der Waals surface area contributed by atoms with Crippen molar-refractivity contribution in [3.8, 4) is 0 Å². The second kappa shape index (κ2) is 6.36. The molecule has 0 spiro atoms. The van der Waals surface area contributed by atoms with Crippen LogP contribution in [0.25, 0.3) is 0 Å². The molecule has 0 amide bonds. The molecule has 3 heteroatoms. The fraction of sp³-hybridized carbons (Fsp3) is 1.00. The molecule has 3 nitrogen and oxygen atoms in total. The van der Waals surface area contributed by atoms with Crippen LogP contribution in [0.1, 0.15) is 44.9 Å². The van der Waals surface area contributed by atoms with Gasteiger partial charge >= 0.3 is 0 Å². The van der Waals surface area contributed by atoms with Gasteiger partial charge in [-0.05, 0) is 65.2 Å². The van der Waals surface area contributed by atoms with Gasteiger partial charge in [0.05, 0.1) is 0 Å². The summed E-state index contributed by atoms with van der Waals surface area (Å²) in [5, 5.41) is 0. The van der Waals surface area contributed by atoms with Gasteiger partial charge in [-0.25, -0.2) is 0 Å². The smallest absolute Gasteiger partial charge is 0.0341 e. The number of hydrogen-bond donors (Lipinski definition) is 1. The van der Waals surface area contributed by atoms with Crippen LogP contribution in [-0.4, -0.2) is 55.6 Å². The molecule has 0 aromatic carbocycles. The average molecular weight is 253 g/mol. The van der Waals surface area contributed by atoms with Gasteiger partial charge in [0.25, 0.3) is 0 Å². The van der Waals surface area contributed by atoms with Crippen molar-refractivity contribution >= 4 is 0 Å². The first kappa shape index (κ1) is 14.3. The first-order valence-corrected chi connectivity index (χ1v) is 7.76. The minimum Gasteiger partial charge on any atom is -0.329 e. The summed E-state index contributed by atoms with van der Waals surface area (Å²) in [5.41, 5.74) is 6.44. The molecule has 1 aliphatic carbocycles. The monoisotopic (exact) mass is 253 g/mol. The highest BCUT2D eigenvalue weighted by atomic mass is 15.2. The van der Waals surface area contributed by atoms with E-state index >= 15 is 0 Å². The molecule has 0 bridgehead atoms. The standard InChI is InChI=1S/C15H31N3/c1-17-10-5-8-15(13-16,9-11-17)18(2)12-14-6-3-4-7-14/h14H,3-13,16H2,1-2H3. The Kier molecular flexibility index (Phi) is 5.05. The normalized spacial score (nSPS) is 32.0. The van der Waals surface area contributed by atoms with Gasteiger partial charge in [-0.2, -0.15) is 0 Å². The molecule has 2 N–H and O–H groups in total. The van der Waals surface area contributed by atoms with E-state index in [9.17, 15) is 0 Å². The average Bonchev–Trinajstić information content (AvgIpc) is 2.78.